The second-order valence-electron chi connectivity index (χ2n) is 6.34. The molecule has 0 saturated heterocycles. The van der Waals surface area contributed by atoms with Gasteiger partial charge in [0.05, 0.1) is 0 Å². The molecule has 0 bridgehead atoms. The molecule has 2 aliphatic carbocycles. The molecule has 0 radical (unpaired) electrons. The Labute approximate surface area is 129 Å². The van der Waals surface area contributed by atoms with Crippen molar-refractivity contribution in [3.8, 4) is 0 Å². The SMILES string of the molecule is CCC1CCC(NC(=O)c2sc(NC3CC3)nc2N)C1C. The summed E-state index contributed by atoms with van der Waals surface area (Å²) in [7, 11) is 0. The van der Waals surface area contributed by atoms with Crippen LogP contribution in [0.4, 0.5) is 10.9 Å². The molecule has 1 aromatic rings. The van der Waals surface area contributed by atoms with E-state index >= 15 is 0 Å². The van der Waals surface area contributed by atoms with Gasteiger partial charge in [0.15, 0.2) is 5.13 Å². The second kappa shape index (κ2) is 5.83. The molecule has 116 valence electrons. The van der Waals surface area contributed by atoms with Gasteiger partial charge in [-0.15, -0.1) is 0 Å². The van der Waals surface area contributed by atoms with Crippen molar-refractivity contribution in [2.45, 2.75) is 58.0 Å². The first kappa shape index (κ1) is 14.6. The number of aromatic nitrogens is 1. The maximum absolute atomic E-state index is 12.4. The van der Waals surface area contributed by atoms with Gasteiger partial charge in [-0.2, -0.15) is 0 Å². The Balaban J connectivity index is 1.63. The number of carbonyl (C=O) groups excluding carboxylic acids is 1. The minimum Gasteiger partial charge on any atom is -0.382 e. The molecular formula is C15H24N4OS. The summed E-state index contributed by atoms with van der Waals surface area (Å²) in [5, 5.41) is 7.22. The van der Waals surface area contributed by atoms with E-state index in [2.05, 4.69) is 29.5 Å². The third-order valence-corrected chi connectivity index (χ3v) is 5.83. The van der Waals surface area contributed by atoms with E-state index in [1.54, 1.807) is 0 Å². The molecule has 1 amide bonds. The number of nitrogens with zero attached hydrogens (tertiary/aromatic N) is 1. The van der Waals surface area contributed by atoms with E-state index in [0.29, 0.717) is 22.7 Å². The van der Waals surface area contributed by atoms with Crippen LogP contribution in [0.2, 0.25) is 0 Å². The highest BCUT2D eigenvalue weighted by Crippen LogP contribution is 2.35. The highest BCUT2D eigenvalue weighted by Gasteiger charge is 2.33. The van der Waals surface area contributed by atoms with Gasteiger partial charge in [-0.1, -0.05) is 31.6 Å². The predicted octanol–water partition coefficient (Wildman–Crippen LogP) is 2.85. The van der Waals surface area contributed by atoms with Gasteiger partial charge in [0.2, 0.25) is 0 Å². The van der Waals surface area contributed by atoms with Crippen LogP contribution < -0.4 is 16.4 Å². The van der Waals surface area contributed by atoms with Crippen molar-refractivity contribution in [1.82, 2.24) is 10.3 Å². The zero-order valence-electron chi connectivity index (χ0n) is 12.7. The molecule has 0 spiro atoms. The predicted molar refractivity (Wildman–Crippen MR) is 86.6 cm³/mol. The highest BCUT2D eigenvalue weighted by molar-refractivity contribution is 7.18. The Morgan fingerprint density at radius 1 is 1.38 bits per heavy atom. The molecular weight excluding hydrogens is 284 g/mol. The van der Waals surface area contributed by atoms with Crippen molar-refractivity contribution in [2.75, 3.05) is 11.1 Å². The molecule has 1 aromatic heterocycles. The van der Waals surface area contributed by atoms with Gasteiger partial charge in [-0.05, 0) is 37.5 Å². The van der Waals surface area contributed by atoms with Gasteiger partial charge in [-0.25, -0.2) is 4.98 Å². The van der Waals surface area contributed by atoms with Gasteiger partial charge in [0.25, 0.3) is 5.91 Å². The molecule has 3 atom stereocenters. The Morgan fingerprint density at radius 3 is 2.76 bits per heavy atom. The van der Waals surface area contributed by atoms with Gasteiger partial charge in [-0.3, -0.25) is 4.79 Å². The molecule has 2 aliphatic rings. The summed E-state index contributed by atoms with van der Waals surface area (Å²) in [4.78, 5) is 17.2. The number of rotatable bonds is 5. The molecule has 3 rings (SSSR count). The fourth-order valence-electron chi connectivity index (χ4n) is 3.22. The quantitative estimate of drug-likeness (QED) is 0.781. The number of thiazole rings is 1. The fraction of sp³-hybridized carbons (Fsp3) is 0.733. The summed E-state index contributed by atoms with van der Waals surface area (Å²) in [6, 6.07) is 0.787. The maximum Gasteiger partial charge on any atom is 0.265 e. The van der Waals surface area contributed by atoms with Crippen LogP contribution in [0.1, 0.15) is 55.6 Å². The lowest BCUT2D eigenvalue weighted by Crippen LogP contribution is -2.37. The smallest absolute Gasteiger partial charge is 0.265 e. The number of carbonyl (C=O) groups is 1. The van der Waals surface area contributed by atoms with Gasteiger partial charge in [0, 0.05) is 12.1 Å². The third-order valence-electron chi connectivity index (χ3n) is 4.83. The van der Waals surface area contributed by atoms with Crippen molar-refractivity contribution in [1.29, 1.82) is 0 Å². The molecule has 21 heavy (non-hydrogen) atoms. The number of nitrogens with two attached hydrogens (primary N) is 1. The average molecular weight is 308 g/mol. The van der Waals surface area contributed by atoms with Crippen LogP contribution in [-0.4, -0.2) is 23.0 Å². The molecule has 2 fully saturated rings. The molecule has 3 unspecified atom stereocenters. The summed E-state index contributed by atoms with van der Waals surface area (Å²) in [5.41, 5.74) is 5.90. The molecule has 6 heteroatoms. The molecule has 2 saturated carbocycles. The first-order chi connectivity index (χ1) is 10.1. The zero-order chi connectivity index (χ0) is 15.0. The largest absolute Gasteiger partial charge is 0.382 e. The number of amides is 1. The zero-order valence-corrected chi connectivity index (χ0v) is 13.5. The minimum atomic E-state index is -0.0672. The Morgan fingerprint density at radius 2 is 2.14 bits per heavy atom. The van der Waals surface area contributed by atoms with Crippen molar-refractivity contribution < 1.29 is 4.79 Å². The minimum absolute atomic E-state index is 0.0672. The van der Waals surface area contributed by atoms with Crippen LogP contribution in [0.5, 0.6) is 0 Å². The number of nitrogen functional groups attached to an aromatic ring is 1. The number of hydrogen-bond donors (Lipinski definition) is 3. The number of anilines is 2. The molecule has 5 nitrogen and oxygen atoms in total. The normalized spacial score (nSPS) is 28.6. The Hall–Kier alpha value is -1.30. The molecule has 1 heterocycles. The van der Waals surface area contributed by atoms with E-state index < -0.39 is 0 Å². The maximum atomic E-state index is 12.4. The van der Waals surface area contributed by atoms with Crippen LogP contribution in [0.25, 0.3) is 0 Å². The van der Waals surface area contributed by atoms with Gasteiger partial charge >= 0.3 is 0 Å². The van der Waals surface area contributed by atoms with Crippen LogP contribution in [0, 0.1) is 11.8 Å². The summed E-state index contributed by atoms with van der Waals surface area (Å²) >= 11 is 1.37. The van der Waals surface area contributed by atoms with Gasteiger partial charge in [0.1, 0.15) is 10.7 Å². The van der Waals surface area contributed by atoms with Crippen LogP contribution >= 0.6 is 11.3 Å². The van der Waals surface area contributed by atoms with E-state index in [0.717, 1.165) is 17.5 Å². The third kappa shape index (κ3) is 3.15. The van der Waals surface area contributed by atoms with Crippen molar-refractivity contribution in [3.63, 3.8) is 0 Å². The van der Waals surface area contributed by atoms with Crippen molar-refractivity contribution in [2.24, 2.45) is 11.8 Å². The van der Waals surface area contributed by atoms with Gasteiger partial charge < -0.3 is 16.4 Å². The fourth-order valence-corrected chi connectivity index (χ4v) is 4.08. The first-order valence-electron chi connectivity index (χ1n) is 7.92. The second-order valence-corrected chi connectivity index (χ2v) is 7.34. The summed E-state index contributed by atoms with van der Waals surface area (Å²) in [6.07, 6.45) is 5.82. The summed E-state index contributed by atoms with van der Waals surface area (Å²) in [5.74, 6) is 1.54. The van der Waals surface area contributed by atoms with Crippen molar-refractivity contribution >= 4 is 28.2 Å². The molecule has 0 aromatic carbocycles. The highest BCUT2D eigenvalue weighted by atomic mass is 32.1. The number of hydrogen-bond acceptors (Lipinski definition) is 5. The van der Waals surface area contributed by atoms with E-state index in [-0.39, 0.29) is 11.9 Å². The van der Waals surface area contributed by atoms with E-state index in [1.807, 2.05) is 0 Å². The van der Waals surface area contributed by atoms with E-state index in [9.17, 15) is 4.79 Å². The van der Waals surface area contributed by atoms with Crippen LogP contribution in [-0.2, 0) is 0 Å². The summed E-state index contributed by atoms with van der Waals surface area (Å²) in [6.45, 7) is 4.46. The average Bonchev–Trinajstić information content (AvgIpc) is 3.09. The lowest BCUT2D eigenvalue weighted by atomic mass is 9.93. The first-order valence-corrected chi connectivity index (χ1v) is 8.73. The van der Waals surface area contributed by atoms with E-state index in [1.165, 1.54) is 37.0 Å². The molecule has 0 aliphatic heterocycles. The monoisotopic (exact) mass is 308 g/mol. The topological polar surface area (TPSA) is 80.0 Å². The van der Waals surface area contributed by atoms with Crippen LogP contribution in [0.3, 0.4) is 0 Å². The van der Waals surface area contributed by atoms with Crippen molar-refractivity contribution in [3.05, 3.63) is 4.88 Å². The van der Waals surface area contributed by atoms with E-state index in [4.69, 9.17) is 5.73 Å². The lowest BCUT2D eigenvalue weighted by molar-refractivity contribution is 0.0931. The standard InChI is InChI=1S/C15H24N4OS/c1-3-9-4-7-11(8(9)2)18-14(20)12-13(16)19-15(21-12)17-10-5-6-10/h8-11H,3-7,16H2,1-2H3,(H,17,19)(H,18,20). The Bertz CT molecular complexity index is 526. The summed E-state index contributed by atoms with van der Waals surface area (Å²) < 4.78 is 0. The molecule has 4 N–H and O–H groups in total. The van der Waals surface area contributed by atoms with Crippen LogP contribution in [0.15, 0.2) is 0 Å². The number of nitrogens with one attached hydrogen (secondary N) is 2. The Kier molecular flexibility index (Phi) is 4.06. The lowest BCUT2D eigenvalue weighted by Gasteiger charge is -2.20.